The second kappa shape index (κ2) is 11.4. The van der Waals surface area contributed by atoms with Crippen LogP contribution in [0.4, 0.5) is 4.79 Å². The lowest BCUT2D eigenvalue weighted by atomic mass is 9.98. The lowest BCUT2D eigenvalue weighted by molar-refractivity contribution is -0.147. The van der Waals surface area contributed by atoms with E-state index < -0.39 is 36.2 Å². The van der Waals surface area contributed by atoms with E-state index in [1.807, 2.05) is 48.5 Å². The molecule has 9 heteroatoms. The highest BCUT2D eigenvalue weighted by molar-refractivity contribution is 7.80. The Morgan fingerprint density at radius 3 is 2.06 bits per heavy atom. The number of benzene rings is 2. The molecule has 0 spiro atoms. The fraction of sp³-hybridized carbons (Fsp3) is 0.400. The molecular formula is C25H30N2O6S. The van der Waals surface area contributed by atoms with Gasteiger partial charge in [0.1, 0.15) is 12.6 Å². The lowest BCUT2D eigenvalue weighted by Crippen LogP contribution is -2.55. The number of carbonyl (C=O) groups excluding carboxylic acids is 3. The van der Waals surface area contributed by atoms with E-state index in [0.717, 1.165) is 22.3 Å². The highest BCUT2D eigenvalue weighted by Crippen LogP contribution is 2.44. The van der Waals surface area contributed by atoms with Gasteiger partial charge in [-0.2, -0.15) is 12.6 Å². The van der Waals surface area contributed by atoms with Crippen LogP contribution in [0.5, 0.6) is 0 Å². The van der Waals surface area contributed by atoms with E-state index in [0.29, 0.717) is 0 Å². The van der Waals surface area contributed by atoms with Crippen LogP contribution in [0.15, 0.2) is 48.5 Å². The first-order valence-corrected chi connectivity index (χ1v) is 11.7. The number of ether oxygens (including phenoxy) is 2. The van der Waals surface area contributed by atoms with Crippen LogP contribution in [0.3, 0.4) is 0 Å². The predicted molar refractivity (Wildman–Crippen MR) is 131 cm³/mol. The Balaban J connectivity index is 1.61. The number of hydrogen-bond donors (Lipinski definition) is 4. The molecule has 0 bridgehead atoms. The molecule has 2 aromatic rings. The third-order valence-corrected chi connectivity index (χ3v) is 6.31. The molecule has 2 aromatic carbocycles. The molecule has 0 saturated heterocycles. The first kappa shape index (κ1) is 25.6. The number of aliphatic hydroxyl groups is 1. The Bertz CT molecular complexity index is 998. The topological polar surface area (TPSA) is 114 Å². The minimum atomic E-state index is -1.64. The van der Waals surface area contributed by atoms with Crippen molar-refractivity contribution >= 4 is 30.6 Å². The van der Waals surface area contributed by atoms with E-state index in [1.165, 1.54) is 7.11 Å². The van der Waals surface area contributed by atoms with Crippen LogP contribution in [0.2, 0.25) is 0 Å². The molecule has 0 radical (unpaired) electrons. The van der Waals surface area contributed by atoms with Gasteiger partial charge in [0, 0.05) is 11.7 Å². The number of amides is 2. The molecule has 3 rings (SSSR count). The summed E-state index contributed by atoms with van der Waals surface area (Å²) < 4.78 is 10.2. The minimum Gasteiger partial charge on any atom is -0.467 e. The number of nitrogens with one attached hydrogen (secondary N) is 2. The van der Waals surface area contributed by atoms with Gasteiger partial charge in [0.2, 0.25) is 0 Å². The van der Waals surface area contributed by atoms with Crippen molar-refractivity contribution in [1.29, 1.82) is 0 Å². The Morgan fingerprint density at radius 1 is 1.00 bits per heavy atom. The molecule has 0 unspecified atom stereocenters. The Labute approximate surface area is 204 Å². The second-order valence-electron chi connectivity index (χ2n) is 8.46. The molecule has 3 atom stereocenters. The Hall–Kier alpha value is -3.04. The van der Waals surface area contributed by atoms with Crippen LogP contribution in [0, 0.1) is 5.92 Å². The lowest BCUT2D eigenvalue weighted by Gasteiger charge is -2.25. The summed E-state index contributed by atoms with van der Waals surface area (Å²) >= 11 is 4.14. The third kappa shape index (κ3) is 5.53. The van der Waals surface area contributed by atoms with Gasteiger partial charge in [-0.05, 0) is 28.2 Å². The number of fused-ring (bicyclic) bond motifs is 3. The molecule has 1 aliphatic rings. The van der Waals surface area contributed by atoms with Gasteiger partial charge in [0.25, 0.3) is 5.91 Å². The molecule has 0 saturated carbocycles. The molecule has 0 heterocycles. The second-order valence-corrected chi connectivity index (χ2v) is 8.82. The van der Waals surface area contributed by atoms with Gasteiger partial charge in [-0.1, -0.05) is 62.4 Å². The standard InChI is InChI=1S/C25H30N2O6S/c1-14(2)21(24(30)32-3)27-23(29)22(28)20(13-34)26-25(31)33-12-19-17-10-6-4-8-15(17)16-9-5-7-11-18(16)19/h4-11,14,19-22,28,34H,12-13H2,1-3H3,(H,26,31)(H,27,29)/t20-,21-,22+/m0/s1. The normalized spacial score (nSPS) is 15.0. The fourth-order valence-electron chi connectivity index (χ4n) is 4.06. The van der Waals surface area contributed by atoms with Crippen LogP contribution in [-0.4, -0.2) is 60.7 Å². The van der Waals surface area contributed by atoms with Crippen LogP contribution < -0.4 is 10.6 Å². The maximum absolute atomic E-state index is 12.5. The zero-order chi connectivity index (χ0) is 24.8. The SMILES string of the molecule is COC(=O)[C@@H](NC(=O)[C@H](O)[C@H](CS)NC(=O)OCC1c2ccccc2-c2ccccc21)C(C)C. The molecule has 2 amide bonds. The van der Waals surface area contributed by atoms with Gasteiger partial charge in [0.15, 0.2) is 6.10 Å². The molecule has 8 nitrogen and oxygen atoms in total. The summed E-state index contributed by atoms with van der Waals surface area (Å²) in [5.41, 5.74) is 4.36. The fourth-order valence-corrected chi connectivity index (χ4v) is 4.35. The van der Waals surface area contributed by atoms with E-state index in [1.54, 1.807) is 13.8 Å². The number of esters is 1. The van der Waals surface area contributed by atoms with E-state index in [9.17, 15) is 19.5 Å². The van der Waals surface area contributed by atoms with Gasteiger partial charge in [-0.15, -0.1) is 0 Å². The van der Waals surface area contributed by atoms with Gasteiger partial charge in [0.05, 0.1) is 13.2 Å². The summed E-state index contributed by atoms with van der Waals surface area (Å²) in [7, 11) is 1.22. The number of carbonyl (C=O) groups is 3. The van der Waals surface area contributed by atoms with Gasteiger partial charge in [-0.3, -0.25) is 4.79 Å². The third-order valence-electron chi connectivity index (χ3n) is 5.91. The van der Waals surface area contributed by atoms with Gasteiger partial charge >= 0.3 is 12.1 Å². The van der Waals surface area contributed by atoms with Gasteiger partial charge < -0.3 is 25.2 Å². The van der Waals surface area contributed by atoms with Crippen LogP contribution in [0.25, 0.3) is 11.1 Å². The van der Waals surface area contributed by atoms with Crippen molar-refractivity contribution in [2.45, 2.75) is 38.0 Å². The van der Waals surface area contributed by atoms with Crippen molar-refractivity contribution in [3.8, 4) is 11.1 Å². The quantitative estimate of drug-likeness (QED) is 0.320. The van der Waals surface area contributed by atoms with E-state index in [-0.39, 0.29) is 24.2 Å². The average molecular weight is 487 g/mol. The predicted octanol–water partition coefficient (Wildman–Crippen LogP) is 2.50. The van der Waals surface area contributed by atoms with Crippen molar-refractivity contribution < 1.29 is 29.0 Å². The summed E-state index contributed by atoms with van der Waals surface area (Å²) in [6.07, 6.45) is -2.41. The average Bonchev–Trinajstić information content (AvgIpc) is 3.17. The maximum Gasteiger partial charge on any atom is 0.407 e. The van der Waals surface area contributed by atoms with Crippen LogP contribution >= 0.6 is 12.6 Å². The first-order valence-electron chi connectivity index (χ1n) is 11.1. The number of methoxy groups -OCH3 is 1. The minimum absolute atomic E-state index is 0.0245. The number of aliphatic hydroxyl groups excluding tert-OH is 1. The molecule has 0 fully saturated rings. The summed E-state index contributed by atoms with van der Waals surface area (Å²) in [4.78, 5) is 36.9. The monoisotopic (exact) mass is 486 g/mol. The Kier molecular flexibility index (Phi) is 8.57. The van der Waals surface area contributed by atoms with Gasteiger partial charge in [-0.25, -0.2) is 9.59 Å². The largest absolute Gasteiger partial charge is 0.467 e. The summed E-state index contributed by atoms with van der Waals surface area (Å²) in [5, 5.41) is 15.4. The first-order chi connectivity index (χ1) is 16.3. The van der Waals surface area contributed by atoms with Crippen molar-refractivity contribution in [3.05, 3.63) is 59.7 Å². The van der Waals surface area contributed by atoms with Crippen molar-refractivity contribution in [2.75, 3.05) is 19.5 Å². The molecule has 3 N–H and O–H groups in total. The van der Waals surface area contributed by atoms with E-state index in [4.69, 9.17) is 9.47 Å². The summed E-state index contributed by atoms with van der Waals surface area (Å²) in [5.74, 6) is -1.84. The number of hydrogen-bond acceptors (Lipinski definition) is 7. The molecule has 1 aliphatic carbocycles. The summed E-state index contributed by atoms with van der Waals surface area (Å²) in [6.45, 7) is 3.57. The smallest absolute Gasteiger partial charge is 0.407 e. The molecule has 0 aromatic heterocycles. The van der Waals surface area contributed by atoms with E-state index >= 15 is 0 Å². The molecule has 182 valence electrons. The summed E-state index contributed by atoms with van der Waals surface area (Å²) in [6, 6.07) is 14.0. The maximum atomic E-state index is 12.5. The van der Waals surface area contributed by atoms with Crippen molar-refractivity contribution in [2.24, 2.45) is 5.92 Å². The molecular weight excluding hydrogens is 456 g/mol. The van der Waals surface area contributed by atoms with E-state index in [2.05, 4.69) is 23.3 Å². The van der Waals surface area contributed by atoms with Crippen molar-refractivity contribution in [3.63, 3.8) is 0 Å². The molecule has 0 aliphatic heterocycles. The number of rotatable bonds is 9. The number of thiol groups is 1. The van der Waals surface area contributed by atoms with Crippen LogP contribution in [-0.2, 0) is 19.1 Å². The molecule has 34 heavy (non-hydrogen) atoms. The zero-order valence-electron chi connectivity index (χ0n) is 19.4. The van der Waals surface area contributed by atoms with Crippen LogP contribution in [0.1, 0.15) is 30.9 Å². The highest BCUT2D eigenvalue weighted by atomic mass is 32.1. The van der Waals surface area contributed by atoms with Crippen molar-refractivity contribution in [1.82, 2.24) is 10.6 Å². The highest BCUT2D eigenvalue weighted by Gasteiger charge is 2.33. The zero-order valence-corrected chi connectivity index (χ0v) is 20.2. The number of alkyl carbamates (subject to hydrolysis) is 1. The Morgan fingerprint density at radius 2 is 1.56 bits per heavy atom.